The minimum atomic E-state index is -1.73. The van der Waals surface area contributed by atoms with E-state index in [1.807, 2.05) is 0 Å². The van der Waals surface area contributed by atoms with Gasteiger partial charge in [0.2, 0.25) is 0 Å². The molecule has 0 amide bonds. The van der Waals surface area contributed by atoms with Crippen LogP contribution in [0.5, 0.6) is 0 Å². The number of halogens is 4. The second kappa shape index (κ2) is 4.73. The smallest absolute Gasteiger partial charge is 0.161 e. The van der Waals surface area contributed by atoms with E-state index in [1.54, 1.807) is 0 Å². The Balaban J connectivity index is 2.50. The highest BCUT2D eigenvalue weighted by atomic mass is 19.2. The first kappa shape index (κ1) is 12.5. The highest BCUT2D eigenvalue weighted by Gasteiger charge is 2.20. The van der Waals surface area contributed by atoms with E-state index in [4.69, 9.17) is 0 Å². The van der Waals surface area contributed by atoms with Crippen LogP contribution in [0.25, 0.3) is 0 Å². The van der Waals surface area contributed by atoms with Crippen LogP contribution in [0.4, 0.5) is 17.6 Å². The maximum absolute atomic E-state index is 13.4. The van der Waals surface area contributed by atoms with Crippen molar-refractivity contribution in [1.29, 1.82) is 0 Å². The van der Waals surface area contributed by atoms with Gasteiger partial charge in [0, 0.05) is 23.4 Å². The number of aliphatic hydroxyl groups excluding tert-OH is 1. The molecule has 0 spiro atoms. The van der Waals surface area contributed by atoms with Crippen molar-refractivity contribution in [3.63, 3.8) is 0 Å². The Morgan fingerprint density at radius 3 is 2.22 bits per heavy atom. The fourth-order valence-corrected chi connectivity index (χ4v) is 1.52. The van der Waals surface area contributed by atoms with Gasteiger partial charge in [-0.15, -0.1) is 0 Å². The molecule has 0 bridgehead atoms. The summed E-state index contributed by atoms with van der Waals surface area (Å²) in [6.07, 6.45) is 0.290. The summed E-state index contributed by atoms with van der Waals surface area (Å²) in [7, 11) is 0. The molecule has 2 rings (SSSR count). The quantitative estimate of drug-likeness (QED) is 0.662. The molecule has 1 N–H and O–H groups in total. The topological polar surface area (TPSA) is 33.1 Å². The van der Waals surface area contributed by atoms with Crippen molar-refractivity contribution in [2.24, 2.45) is 0 Å². The highest BCUT2D eigenvalue weighted by molar-refractivity contribution is 5.31. The SMILES string of the molecule is OC(c1ccncc1F)c1cc(F)c(F)cc1F. The van der Waals surface area contributed by atoms with E-state index in [9.17, 15) is 22.7 Å². The zero-order valence-corrected chi connectivity index (χ0v) is 8.87. The van der Waals surface area contributed by atoms with Crippen molar-refractivity contribution in [2.75, 3.05) is 0 Å². The molecule has 2 aromatic rings. The van der Waals surface area contributed by atoms with Gasteiger partial charge in [-0.25, -0.2) is 17.6 Å². The van der Waals surface area contributed by atoms with E-state index in [0.717, 1.165) is 12.3 Å². The Morgan fingerprint density at radius 1 is 0.889 bits per heavy atom. The summed E-state index contributed by atoms with van der Waals surface area (Å²) in [5.41, 5.74) is -0.811. The number of nitrogens with zero attached hydrogens (tertiary/aromatic N) is 1. The Labute approximate surface area is 99.5 Å². The zero-order chi connectivity index (χ0) is 13.3. The summed E-state index contributed by atoms with van der Waals surface area (Å²) in [5, 5.41) is 9.77. The maximum Gasteiger partial charge on any atom is 0.161 e. The lowest BCUT2D eigenvalue weighted by Gasteiger charge is -2.13. The fourth-order valence-electron chi connectivity index (χ4n) is 1.52. The summed E-state index contributed by atoms with van der Waals surface area (Å²) in [6, 6.07) is 1.92. The number of hydrogen-bond acceptors (Lipinski definition) is 2. The lowest BCUT2D eigenvalue weighted by molar-refractivity contribution is 0.208. The summed E-state index contributed by atoms with van der Waals surface area (Å²) in [6.45, 7) is 0. The van der Waals surface area contributed by atoms with Gasteiger partial charge in [0.15, 0.2) is 11.6 Å². The van der Waals surface area contributed by atoms with Crippen LogP contribution in [0.3, 0.4) is 0 Å². The molecule has 0 aliphatic heterocycles. The molecule has 1 unspecified atom stereocenters. The normalized spacial score (nSPS) is 12.5. The van der Waals surface area contributed by atoms with Gasteiger partial charge in [-0.2, -0.15) is 0 Å². The number of rotatable bonds is 2. The molecule has 2 nitrogen and oxygen atoms in total. The van der Waals surface area contributed by atoms with Gasteiger partial charge in [0.25, 0.3) is 0 Å². The maximum atomic E-state index is 13.4. The third-order valence-electron chi connectivity index (χ3n) is 2.43. The van der Waals surface area contributed by atoms with Crippen LogP contribution in [0.15, 0.2) is 30.6 Å². The van der Waals surface area contributed by atoms with Gasteiger partial charge in [0.1, 0.15) is 17.7 Å². The molecule has 0 fully saturated rings. The van der Waals surface area contributed by atoms with Crippen LogP contribution in [0, 0.1) is 23.3 Å². The Kier molecular flexibility index (Phi) is 3.29. The molecular weight excluding hydrogens is 250 g/mol. The number of hydrogen-bond donors (Lipinski definition) is 1. The van der Waals surface area contributed by atoms with Crippen molar-refractivity contribution in [1.82, 2.24) is 4.98 Å². The van der Waals surface area contributed by atoms with Gasteiger partial charge < -0.3 is 5.11 Å². The van der Waals surface area contributed by atoms with Crippen molar-refractivity contribution in [3.8, 4) is 0 Å². The molecule has 0 radical (unpaired) electrons. The Hall–Kier alpha value is -1.95. The minimum absolute atomic E-state index is 0.269. The molecule has 1 aromatic heterocycles. The second-order valence-electron chi connectivity index (χ2n) is 3.59. The summed E-state index contributed by atoms with van der Waals surface area (Å²) >= 11 is 0. The number of aromatic nitrogens is 1. The van der Waals surface area contributed by atoms with Gasteiger partial charge in [-0.1, -0.05) is 0 Å². The van der Waals surface area contributed by atoms with E-state index in [1.165, 1.54) is 6.20 Å². The molecule has 0 saturated carbocycles. The lowest BCUT2D eigenvalue weighted by Crippen LogP contribution is -2.07. The van der Waals surface area contributed by atoms with Crippen LogP contribution >= 0.6 is 0 Å². The van der Waals surface area contributed by atoms with E-state index < -0.39 is 34.9 Å². The monoisotopic (exact) mass is 257 g/mol. The molecule has 94 valence electrons. The summed E-state index contributed by atoms with van der Waals surface area (Å²) < 4.78 is 52.4. The van der Waals surface area contributed by atoms with Gasteiger partial charge in [0.05, 0.1) is 6.20 Å². The van der Waals surface area contributed by atoms with E-state index in [-0.39, 0.29) is 5.56 Å². The molecule has 0 aliphatic carbocycles. The van der Waals surface area contributed by atoms with Crippen molar-refractivity contribution in [3.05, 3.63) is 65.0 Å². The average Bonchev–Trinajstić information content (AvgIpc) is 2.33. The van der Waals surface area contributed by atoms with E-state index in [0.29, 0.717) is 12.1 Å². The highest BCUT2D eigenvalue weighted by Crippen LogP contribution is 2.27. The standard InChI is InChI=1S/C12H7F4NO/c13-8-4-10(15)9(14)3-7(8)12(18)6-1-2-17-5-11(6)16/h1-5,12,18H. The average molecular weight is 257 g/mol. The molecule has 1 atom stereocenters. The van der Waals surface area contributed by atoms with Gasteiger partial charge in [-0.3, -0.25) is 4.98 Å². The summed E-state index contributed by atoms with van der Waals surface area (Å²) in [5.74, 6) is -4.72. The third-order valence-corrected chi connectivity index (χ3v) is 2.43. The summed E-state index contributed by atoms with van der Waals surface area (Å²) in [4.78, 5) is 3.46. The van der Waals surface area contributed by atoms with Crippen molar-refractivity contribution >= 4 is 0 Å². The number of pyridine rings is 1. The van der Waals surface area contributed by atoms with Crippen LogP contribution in [-0.2, 0) is 0 Å². The lowest BCUT2D eigenvalue weighted by atomic mass is 10.0. The van der Waals surface area contributed by atoms with E-state index in [2.05, 4.69) is 4.98 Å². The van der Waals surface area contributed by atoms with Crippen LogP contribution < -0.4 is 0 Å². The predicted molar refractivity (Wildman–Crippen MR) is 54.6 cm³/mol. The molecular formula is C12H7F4NO. The van der Waals surface area contributed by atoms with Crippen molar-refractivity contribution < 1.29 is 22.7 Å². The van der Waals surface area contributed by atoms with Crippen LogP contribution in [0.1, 0.15) is 17.2 Å². The Morgan fingerprint density at radius 2 is 1.56 bits per heavy atom. The minimum Gasteiger partial charge on any atom is -0.383 e. The van der Waals surface area contributed by atoms with Crippen molar-refractivity contribution in [2.45, 2.75) is 6.10 Å². The first-order valence-corrected chi connectivity index (χ1v) is 4.92. The molecule has 1 heterocycles. The Bertz CT molecular complexity index is 588. The largest absolute Gasteiger partial charge is 0.383 e. The molecule has 0 saturated heterocycles. The van der Waals surface area contributed by atoms with Gasteiger partial charge >= 0.3 is 0 Å². The molecule has 0 aliphatic rings. The zero-order valence-electron chi connectivity index (χ0n) is 8.87. The van der Waals surface area contributed by atoms with E-state index >= 15 is 0 Å². The van der Waals surface area contributed by atoms with Crippen LogP contribution in [0.2, 0.25) is 0 Å². The first-order valence-electron chi connectivity index (χ1n) is 4.92. The molecule has 1 aromatic carbocycles. The molecule has 18 heavy (non-hydrogen) atoms. The predicted octanol–water partition coefficient (Wildman–Crippen LogP) is 2.72. The fraction of sp³-hybridized carbons (Fsp3) is 0.0833. The van der Waals surface area contributed by atoms with Crippen LogP contribution in [-0.4, -0.2) is 10.1 Å². The number of aliphatic hydroxyl groups is 1. The first-order chi connectivity index (χ1) is 8.50. The molecule has 6 heteroatoms. The second-order valence-corrected chi connectivity index (χ2v) is 3.59. The third kappa shape index (κ3) is 2.19. The number of benzene rings is 1. The van der Waals surface area contributed by atoms with Gasteiger partial charge in [-0.05, 0) is 12.1 Å².